The molecule has 8 heteroatoms. The second-order valence-electron chi connectivity index (χ2n) is 5.59. The molecule has 3 unspecified atom stereocenters. The lowest BCUT2D eigenvalue weighted by atomic mass is 9.60. The van der Waals surface area contributed by atoms with Crippen LogP contribution in [0.25, 0.3) is 0 Å². The van der Waals surface area contributed by atoms with Gasteiger partial charge in [-0.2, -0.15) is 8.42 Å². The fourth-order valence-corrected chi connectivity index (χ4v) is 4.48. The van der Waals surface area contributed by atoms with Gasteiger partial charge >= 0.3 is 22.2 Å². The second-order valence-corrected chi connectivity index (χ2v) is 7.14. The summed E-state index contributed by atoms with van der Waals surface area (Å²) in [6.07, 6.45) is 1.81. The van der Waals surface area contributed by atoms with Crippen molar-refractivity contribution in [3.8, 4) is 0 Å². The first-order valence-electron chi connectivity index (χ1n) is 6.00. The number of carboxylic acids is 2. The zero-order chi connectivity index (χ0) is 15.9. The van der Waals surface area contributed by atoms with Crippen molar-refractivity contribution < 1.29 is 32.1 Å². The SMILES string of the molecule is CC(C)C1C(C)(C(=O)O)CC=CC1(C(=O)O)S(=O)(=O)F. The van der Waals surface area contributed by atoms with E-state index in [1.807, 2.05) is 0 Å². The summed E-state index contributed by atoms with van der Waals surface area (Å²) in [6, 6.07) is 0. The van der Waals surface area contributed by atoms with Gasteiger partial charge in [0.2, 0.25) is 4.75 Å². The minimum Gasteiger partial charge on any atom is -0.481 e. The fraction of sp³-hybridized carbons (Fsp3) is 0.667. The van der Waals surface area contributed by atoms with Gasteiger partial charge in [-0.15, -0.1) is 3.89 Å². The van der Waals surface area contributed by atoms with Crippen LogP contribution in [0, 0.1) is 17.3 Å². The van der Waals surface area contributed by atoms with Crippen molar-refractivity contribution in [1.29, 1.82) is 0 Å². The maximum atomic E-state index is 13.7. The summed E-state index contributed by atoms with van der Waals surface area (Å²) in [7, 11) is -5.54. The third-order valence-corrected chi connectivity index (χ3v) is 5.32. The van der Waals surface area contributed by atoms with Gasteiger partial charge in [0.05, 0.1) is 5.41 Å². The van der Waals surface area contributed by atoms with E-state index in [-0.39, 0.29) is 6.42 Å². The number of carbonyl (C=O) groups is 2. The van der Waals surface area contributed by atoms with Crippen molar-refractivity contribution in [2.75, 3.05) is 0 Å². The molecule has 0 heterocycles. The molecule has 0 spiro atoms. The molecule has 1 rings (SSSR count). The summed E-state index contributed by atoms with van der Waals surface area (Å²) in [5, 5.41) is 18.6. The molecule has 0 aromatic heterocycles. The summed E-state index contributed by atoms with van der Waals surface area (Å²) in [6.45, 7) is 4.20. The monoisotopic (exact) mass is 308 g/mol. The van der Waals surface area contributed by atoms with Gasteiger partial charge < -0.3 is 10.2 Å². The molecule has 0 aromatic carbocycles. The summed E-state index contributed by atoms with van der Waals surface area (Å²) < 4.78 is 33.8. The number of hydrogen-bond acceptors (Lipinski definition) is 4. The first-order chi connectivity index (χ1) is 8.91. The number of halogens is 1. The maximum absolute atomic E-state index is 13.7. The Morgan fingerprint density at radius 1 is 1.30 bits per heavy atom. The molecule has 0 saturated carbocycles. The number of allylic oxidation sites excluding steroid dienone is 1. The molecule has 114 valence electrons. The summed E-state index contributed by atoms with van der Waals surface area (Å²) in [5.41, 5.74) is -1.68. The molecular weight excluding hydrogens is 291 g/mol. The van der Waals surface area contributed by atoms with E-state index in [4.69, 9.17) is 0 Å². The lowest BCUT2D eigenvalue weighted by Crippen LogP contribution is -2.60. The van der Waals surface area contributed by atoms with E-state index in [2.05, 4.69) is 0 Å². The highest BCUT2D eigenvalue weighted by Crippen LogP contribution is 2.51. The van der Waals surface area contributed by atoms with Crippen LogP contribution in [0.15, 0.2) is 12.2 Å². The van der Waals surface area contributed by atoms with Crippen LogP contribution in [0.1, 0.15) is 27.2 Å². The van der Waals surface area contributed by atoms with E-state index in [0.29, 0.717) is 0 Å². The van der Waals surface area contributed by atoms with Crippen molar-refractivity contribution in [3.05, 3.63) is 12.2 Å². The average molecular weight is 308 g/mol. The van der Waals surface area contributed by atoms with Gasteiger partial charge in [0.25, 0.3) is 0 Å². The normalized spacial score (nSPS) is 34.1. The van der Waals surface area contributed by atoms with E-state index in [1.165, 1.54) is 20.8 Å². The Labute approximate surface area is 116 Å². The molecule has 0 radical (unpaired) electrons. The van der Waals surface area contributed by atoms with Gasteiger partial charge in [-0.05, 0) is 19.3 Å². The summed E-state index contributed by atoms with van der Waals surface area (Å²) >= 11 is 0. The molecule has 0 amide bonds. The number of aliphatic carboxylic acids is 2. The van der Waals surface area contributed by atoms with E-state index < -0.39 is 44.2 Å². The van der Waals surface area contributed by atoms with Crippen LogP contribution < -0.4 is 0 Å². The molecule has 0 aromatic rings. The van der Waals surface area contributed by atoms with E-state index >= 15 is 0 Å². The van der Waals surface area contributed by atoms with Gasteiger partial charge in [-0.25, -0.2) is 0 Å². The van der Waals surface area contributed by atoms with E-state index in [0.717, 1.165) is 12.2 Å². The van der Waals surface area contributed by atoms with Crippen LogP contribution in [-0.4, -0.2) is 35.3 Å². The zero-order valence-electron chi connectivity index (χ0n) is 11.3. The summed E-state index contributed by atoms with van der Waals surface area (Å²) in [4.78, 5) is 23.0. The van der Waals surface area contributed by atoms with Crippen molar-refractivity contribution in [3.63, 3.8) is 0 Å². The minimum absolute atomic E-state index is 0.0598. The molecule has 1 aliphatic carbocycles. The first kappa shape index (κ1) is 16.6. The molecular formula is C12H17FO6S. The van der Waals surface area contributed by atoms with E-state index in [1.54, 1.807) is 0 Å². The highest BCUT2D eigenvalue weighted by molar-refractivity contribution is 7.88. The van der Waals surface area contributed by atoms with Crippen LogP contribution in [0.5, 0.6) is 0 Å². The van der Waals surface area contributed by atoms with Crippen LogP contribution >= 0.6 is 0 Å². The average Bonchev–Trinajstić information content (AvgIpc) is 2.25. The lowest BCUT2D eigenvalue weighted by molar-refractivity contribution is -0.157. The largest absolute Gasteiger partial charge is 0.481 e. The fourth-order valence-electron chi connectivity index (χ4n) is 3.18. The zero-order valence-corrected chi connectivity index (χ0v) is 12.1. The maximum Gasteiger partial charge on any atom is 0.332 e. The second kappa shape index (κ2) is 4.83. The smallest absolute Gasteiger partial charge is 0.332 e. The standard InChI is InChI=1S/C12H17FO6S/c1-7(2)8-11(3,9(14)15)5-4-6-12(8,10(16)17)20(13,18)19/h4,6-8H,5H2,1-3H3,(H,14,15)(H,16,17). The van der Waals surface area contributed by atoms with Crippen molar-refractivity contribution in [1.82, 2.24) is 0 Å². The van der Waals surface area contributed by atoms with Gasteiger partial charge in [0.15, 0.2) is 0 Å². The predicted octanol–water partition coefficient (Wildman–Crippen LogP) is 1.43. The Kier molecular flexibility index (Phi) is 4.02. The lowest BCUT2D eigenvalue weighted by Gasteiger charge is -2.45. The highest BCUT2D eigenvalue weighted by Gasteiger charge is 2.65. The topological polar surface area (TPSA) is 109 Å². The number of rotatable bonds is 4. The molecule has 0 fully saturated rings. The van der Waals surface area contributed by atoms with Crippen molar-refractivity contribution >= 4 is 22.2 Å². The third kappa shape index (κ3) is 2.11. The first-order valence-corrected chi connectivity index (χ1v) is 7.38. The number of hydrogen-bond donors (Lipinski definition) is 2. The van der Waals surface area contributed by atoms with Crippen molar-refractivity contribution in [2.45, 2.75) is 31.9 Å². The molecule has 0 bridgehead atoms. The van der Waals surface area contributed by atoms with Crippen LogP contribution in [0.3, 0.4) is 0 Å². The Morgan fingerprint density at radius 3 is 2.10 bits per heavy atom. The molecule has 3 atom stereocenters. The van der Waals surface area contributed by atoms with Crippen LogP contribution in [0.4, 0.5) is 3.89 Å². The highest BCUT2D eigenvalue weighted by atomic mass is 32.3. The van der Waals surface area contributed by atoms with Crippen LogP contribution in [-0.2, 0) is 19.8 Å². The Morgan fingerprint density at radius 2 is 1.80 bits per heavy atom. The summed E-state index contributed by atoms with van der Waals surface area (Å²) in [5.74, 6) is -5.34. The quantitative estimate of drug-likeness (QED) is 0.600. The van der Waals surface area contributed by atoms with Gasteiger partial charge in [0, 0.05) is 5.92 Å². The molecule has 1 aliphatic rings. The Bertz CT molecular complexity index is 566. The van der Waals surface area contributed by atoms with Gasteiger partial charge in [-0.1, -0.05) is 26.0 Å². The molecule has 20 heavy (non-hydrogen) atoms. The Balaban J connectivity index is 3.75. The van der Waals surface area contributed by atoms with Gasteiger partial charge in [-0.3, -0.25) is 9.59 Å². The predicted molar refractivity (Wildman–Crippen MR) is 68.2 cm³/mol. The third-order valence-electron chi connectivity index (χ3n) is 3.95. The molecule has 2 N–H and O–H groups in total. The van der Waals surface area contributed by atoms with E-state index in [9.17, 15) is 32.1 Å². The minimum atomic E-state index is -5.54. The molecule has 0 saturated heterocycles. The Hall–Kier alpha value is -1.44. The number of carboxylic acid groups (broad SMARTS) is 2. The molecule has 6 nitrogen and oxygen atoms in total. The van der Waals surface area contributed by atoms with Crippen LogP contribution in [0.2, 0.25) is 0 Å². The van der Waals surface area contributed by atoms with Gasteiger partial charge in [0.1, 0.15) is 0 Å². The van der Waals surface area contributed by atoms with Crippen molar-refractivity contribution in [2.24, 2.45) is 17.3 Å². The molecule has 0 aliphatic heterocycles.